The number of halogens is 1. The molecule has 1 unspecified atom stereocenters. The van der Waals surface area contributed by atoms with E-state index >= 15 is 0 Å². The Kier molecular flexibility index (Phi) is 4.62. The van der Waals surface area contributed by atoms with Crippen LogP contribution in [0.4, 0.5) is 0 Å². The lowest BCUT2D eigenvalue weighted by molar-refractivity contribution is -0.134. The summed E-state index contributed by atoms with van der Waals surface area (Å²) in [6.45, 7) is 3.13. The zero-order valence-corrected chi connectivity index (χ0v) is 12.5. The van der Waals surface area contributed by atoms with Gasteiger partial charge in [0.25, 0.3) is 0 Å². The summed E-state index contributed by atoms with van der Waals surface area (Å²) in [5.41, 5.74) is 0. The van der Waals surface area contributed by atoms with Crippen molar-refractivity contribution in [3.8, 4) is 0 Å². The van der Waals surface area contributed by atoms with Gasteiger partial charge in [-0.15, -0.1) is 11.3 Å². The lowest BCUT2D eigenvalue weighted by atomic mass is 9.99. The Morgan fingerprint density at radius 2 is 2.35 bits per heavy atom. The quantitative estimate of drug-likeness (QED) is 0.829. The van der Waals surface area contributed by atoms with Crippen LogP contribution in [0.15, 0.2) is 15.9 Å². The molecule has 1 saturated heterocycles. The third-order valence-corrected chi connectivity index (χ3v) is 5.00. The lowest BCUT2D eigenvalue weighted by Gasteiger charge is -2.35. The van der Waals surface area contributed by atoms with Gasteiger partial charge in [-0.3, -0.25) is 4.79 Å². The molecule has 1 atom stereocenters. The molecule has 0 bridgehead atoms. The maximum Gasteiger partial charge on any atom is 0.228 e. The fourth-order valence-electron chi connectivity index (χ4n) is 2.45. The van der Waals surface area contributed by atoms with Crippen molar-refractivity contribution < 1.29 is 4.79 Å². The molecule has 2 rings (SSSR count). The maximum absolute atomic E-state index is 12.3. The largest absolute Gasteiger partial charge is 0.339 e. The second kappa shape index (κ2) is 6.01. The highest BCUT2D eigenvalue weighted by Gasteiger charge is 2.25. The predicted octanol–water partition coefficient (Wildman–Crippen LogP) is 3.84. The molecule has 0 spiro atoms. The van der Waals surface area contributed by atoms with Crippen molar-refractivity contribution in [1.82, 2.24) is 4.90 Å². The molecule has 4 heteroatoms. The molecule has 2 heterocycles. The van der Waals surface area contributed by atoms with Gasteiger partial charge in [0, 0.05) is 17.5 Å². The summed E-state index contributed by atoms with van der Waals surface area (Å²) in [4.78, 5) is 15.5. The van der Waals surface area contributed by atoms with E-state index in [1.807, 2.05) is 12.1 Å². The minimum Gasteiger partial charge on any atom is -0.339 e. The first-order valence-corrected chi connectivity index (χ1v) is 7.85. The normalized spacial score (nSPS) is 20.6. The Morgan fingerprint density at radius 1 is 1.53 bits per heavy atom. The van der Waals surface area contributed by atoms with E-state index in [1.165, 1.54) is 12.8 Å². The maximum atomic E-state index is 12.3. The smallest absolute Gasteiger partial charge is 0.228 e. The number of amides is 1. The van der Waals surface area contributed by atoms with Crippen molar-refractivity contribution in [2.75, 3.05) is 6.54 Å². The summed E-state index contributed by atoms with van der Waals surface area (Å²) < 4.78 is 1.10. The second-order valence-corrected chi connectivity index (χ2v) is 7.08. The number of likely N-dealkylation sites (tertiary alicyclic amines) is 1. The van der Waals surface area contributed by atoms with Crippen LogP contribution in [-0.4, -0.2) is 23.4 Å². The third-order valence-electron chi connectivity index (χ3n) is 3.37. The molecule has 0 saturated carbocycles. The molecule has 1 aromatic heterocycles. The van der Waals surface area contributed by atoms with Crippen LogP contribution in [0.5, 0.6) is 0 Å². The zero-order valence-electron chi connectivity index (χ0n) is 10.1. The van der Waals surface area contributed by atoms with Gasteiger partial charge in [0.1, 0.15) is 0 Å². The summed E-state index contributed by atoms with van der Waals surface area (Å²) in [6, 6.07) is 4.53. The Hall–Kier alpha value is -0.350. The van der Waals surface area contributed by atoms with Crippen molar-refractivity contribution in [3.05, 3.63) is 20.8 Å². The summed E-state index contributed by atoms with van der Waals surface area (Å²) in [7, 11) is 0. The van der Waals surface area contributed by atoms with Crippen LogP contribution in [0.2, 0.25) is 0 Å². The number of piperidine rings is 1. The van der Waals surface area contributed by atoms with E-state index in [4.69, 9.17) is 0 Å². The van der Waals surface area contributed by atoms with Crippen molar-refractivity contribution in [2.24, 2.45) is 0 Å². The highest BCUT2D eigenvalue weighted by molar-refractivity contribution is 9.11. The van der Waals surface area contributed by atoms with E-state index in [1.54, 1.807) is 11.3 Å². The van der Waals surface area contributed by atoms with Gasteiger partial charge in [-0.2, -0.15) is 0 Å². The number of thiophene rings is 1. The van der Waals surface area contributed by atoms with Crippen LogP contribution in [0.1, 0.15) is 37.5 Å². The average molecular weight is 316 g/mol. The van der Waals surface area contributed by atoms with Gasteiger partial charge in [0.05, 0.1) is 10.2 Å². The van der Waals surface area contributed by atoms with Gasteiger partial charge in [0.15, 0.2) is 0 Å². The van der Waals surface area contributed by atoms with Crippen molar-refractivity contribution >= 4 is 33.2 Å². The number of hydrogen-bond acceptors (Lipinski definition) is 2. The first-order valence-electron chi connectivity index (χ1n) is 6.24. The number of carbonyl (C=O) groups is 1. The molecule has 94 valence electrons. The summed E-state index contributed by atoms with van der Waals surface area (Å²) in [5, 5.41) is 0. The molecular weight excluding hydrogens is 298 g/mol. The van der Waals surface area contributed by atoms with Gasteiger partial charge in [-0.25, -0.2) is 0 Å². The van der Waals surface area contributed by atoms with Crippen molar-refractivity contribution in [1.29, 1.82) is 0 Å². The molecule has 0 radical (unpaired) electrons. The zero-order chi connectivity index (χ0) is 12.3. The fraction of sp³-hybridized carbons (Fsp3) is 0.615. The number of carbonyl (C=O) groups excluding carboxylic acids is 1. The highest BCUT2D eigenvalue weighted by atomic mass is 79.9. The fourth-order valence-corrected chi connectivity index (χ4v) is 3.92. The summed E-state index contributed by atoms with van der Waals surface area (Å²) in [5.74, 6) is 0.297. The molecule has 17 heavy (non-hydrogen) atoms. The summed E-state index contributed by atoms with van der Waals surface area (Å²) >= 11 is 5.10. The topological polar surface area (TPSA) is 20.3 Å². The molecule has 1 fully saturated rings. The Balaban J connectivity index is 1.98. The number of rotatable bonds is 3. The van der Waals surface area contributed by atoms with Gasteiger partial charge in [-0.05, 0) is 53.7 Å². The van der Waals surface area contributed by atoms with Crippen LogP contribution in [0, 0.1) is 0 Å². The predicted molar refractivity (Wildman–Crippen MR) is 75.4 cm³/mol. The molecule has 1 aromatic rings. The van der Waals surface area contributed by atoms with Crippen molar-refractivity contribution in [2.45, 2.75) is 45.1 Å². The number of hydrogen-bond donors (Lipinski definition) is 0. The molecule has 0 N–H and O–H groups in total. The molecule has 0 aromatic carbocycles. The van der Waals surface area contributed by atoms with Crippen LogP contribution >= 0.6 is 27.3 Å². The first-order chi connectivity index (χ1) is 8.20. The molecule has 0 aliphatic carbocycles. The van der Waals surface area contributed by atoms with Gasteiger partial charge >= 0.3 is 0 Å². The second-order valence-electron chi connectivity index (χ2n) is 4.53. The minimum absolute atomic E-state index is 0.297. The average Bonchev–Trinajstić information content (AvgIpc) is 2.74. The van der Waals surface area contributed by atoms with E-state index in [0.29, 0.717) is 18.4 Å². The molecule has 1 amide bonds. The van der Waals surface area contributed by atoms with Crippen LogP contribution in [0.3, 0.4) is 0 Å². The van der Waals surface area contributed by atoms with Crippen molar-refractivity contribution in [3.63, 3.8) is 0 Å². The minimum atomic E-state index is 0.297. The molecule has 2 nitrogen and oxygen atoms in total. The van der Waals surface area contributed by atoms with Crippen LogP contribution in [-0.2, 0) is 11.2 Å². The SMILES string of the molecule is CCC1CCCCN1C(=O)Cc1ccc(Br)s1. The molecule has 1 aliphatic heterocycles. The summed E-state index contributed by atoms with van der Waals surface area (Å²) in [6.07, 6.45) is 5.26. The van der Waals surface area contributed by atoms with E-state index in [-0.39, 0.29) is 0 Å². The van der Waals surface area contributed by atoms with E-state index in [2.05, 4.69) is 27.8 Å². The Morgan fingerprint density at radius 3 is 3.00 bits per heavy atom. The van der Waals surface area contributed by atoms with Gasteiger partial charge in [0.2, 0.25) is 5.91 Å². The van der Waals surface area contributed by atoms with E-state index in [9.17, 15) is 4.79 Å². The van der Waals surface area contributed by atoms with E-state index < -0.39 is 0 Å². The monoisotopic (exact) mass is 315 g/mol. The van der Waals surface area contributed by atoms with E-state index in [0.717, 1.165) is 28.0 Å². The van der Waals surface area contributed by atoms with Gasteiger partial charge < -0.3 is 4.90 Å². The standard InChI is InChI=1S/C13H18BrNOS/c1-2-10-5-3-4-8-15(10)13(16)9-11-6-7-12(14)17-11/h6-7,10H,2-5,8-9H2,1H3. The van der Waals surface area contributed by atoms with Crippen LogP contribution in [0.25, 0.3) is 0 Å². The van der Waals surface area contributed by atoms with Crippen LogP contribution < -0.4 is 0 Å². The lowest BCUT2D eigenvalue weighted by Crippen LogP contribution is -2.44. The Labute approximate surface area is 115 Å². The van der Waals surface area contributed by atoms with Gasteiger partial charge in [-0.1, -0.05) is 6.92 Å². The highest BCUT2D eigenvalue weighted by Crippen LogP contribution is 2.25. The molecular formula is C13H18BrNOS. The Bertz CT molecular complexity index is 391. The first kappa shape index (κ1) is 13.1. The molecule has 1 aliphatic rings. The third kappa shape index (κ3) is 3.32. The number of nitrogens with zero attached hydrogens (tertiary/aromatic N) is 1.